The summed E-state index contributed by atoms with van der Waals surface area (Å²) in [5.41, 5.74) is 3.55. The fraction of sp³-hybridized carbons (Fsp3) is 0.269. The summed E-state index contributed by atoms with van der Waals surface area (Å²) in [5.74, 6) is 0.827. The van der Waals surface area contributed by atoms with Gasteiger partial charge in [-0.25, -0.2) is 8.42 Å². The molecule has 5 rings (SSSR count). The van der Waals surface area contributed by atoms with Crippen LogP contribution in [0.1, 0.15) is 23.6 Å². The number of para-hydroxylation sites is 2. The number of ether oxygens (including phenoxy) is 2. The first kappa shape index (κ1) is 22.4. The number of nitrogens with one attached hydrogen (secondary N) is 1. The summed E-state index contributed by atoms with van der Waals surface area (Å²) in [6, 6.07) is 19.8. The maximum atomic E-state index is 13.1. The summed E-state index contributed by atoms with van der Waals surface area (Å²) in [6.07, 6.45) is -0.644. The third kappa shape index (κ3) is 4.26. The first-order chi connectivity index (χ1) is 16.3. The molecule has 0 saturated carbocycles. The van der Waals surface area contributed by atoms with Gasteiger partial charge in [-0.05, 0) is 67.8 Å². The Morgan fingerprint density at radius 1 is 0.971 bits per heavy atom. The highest BCUT2D eigenvalue weighted by molar-refractivity contribution is 7.89. The van der Waals surface area contributed by atoms with E-state index in [0.717, 1.165) is 16.7 Å². The van der Waals surface area contributed by atoms with Crippen molar-refractivity contribution in [1.82, 2.24) is 4.31 Å². The number of rotatable bonds is 4. The van der Waals surface area contributed by atoms with Gasteiger partial charge in [0.1, 0.15) is 6.10 Å². The van der Waals surface area contributed by atoms with E-state index < -0.39 is 22.2 Å². The van der Waals surface area contributed by atoms with Gasteiger partial charge in [0.2, 0.25) is 16.1 Å². The molecule has 0 unspecified atom stereocenters. The van der Waals surface area contributed by atoms with E-state index in [1.54, 1.807) is 43.3 Å². The van der Waals surface area contributed by atoms with Crippen LogP contribution in [0.3, 0.4) is 0 Å². The molecular weight excluding hydrogens is 452 g/mol. The van der Waals surface area contributed by atoms with E-state index in [1.807, 2.05) is 37.3 Å². The van der Waals surface area contributed by atoms with E-state index in [-0.39, 0.29) is 17.3 Å². The maximum Gasteiger partial charge on any atom is 0.269 e. The highest BCUT2D eigenvalue weighted by Gasteiger charge is 2.34. The van der Waals surface area contributed by atoms with Crippen molar-refractivity contribution < 1.29 is 22.7 Å². The number of fused-ring (bicyclic) bond motifs is 2. The molecule has 0 spiro atoms. The van der Waals surface area contributed by atoms with Crippen molar-refractivity contribution in [2.75, 3.05) is 11.9 Å². The van der Waals surface area contributed by atoms with Crippen molar-refractivity contribution in [1.29, 1.82) is 0 Å². The summed E-state index contributed by atoms with van der Waals surface area (Å²) in [6.45, 7) is 4.38. The van der Waals surface area contributed by atoms with Gasteiger partial charge in [0, 0.05) is 18.8 Å². The molecular formula is C26H26N2O5S. The van der Waals surface area contributed by atoms with Gasteiger partial charge >= 0.3 is 0 Å². The summed E-state index contributed by atoms with van der Waals surface area (Å²) in [5, 5.41) is 2.90. The molecule has 0 aromatic heterocycles. The number of aryl methyl sites for hydroxylation is 1. The van der Waals surface area contributed by atoms with Crippen molar-refractivity contribution in [3.63, 3.8) is 0 Å². The summed E-state index contributed by atoms with van der Waals surface area (Å²) < 4.78 is 39.5. The predicted octanol–water partition coefficient (Wildman–Crippen LogP) is 3.91. The summed E-state index contributed by atoms with van der Waals surface area (Å²) >= 11 is 0. The van der Waals surface area contributed by atoms with Gasteiger partial charge in [0.15, 0.2) is 11.5 Å². The number of hydrogen-bond donors (Lipinski definition) is 1. The quantitative estimate of drug-likeness (QED) is 0.615. The van der Waals surface area contributed by atoms with Gasteiger partial charge in [0.25, 0.3) is 5.91 Å². The van der Waals surface area contributed by atoms with E-state index in [0.29, 0.717) is 30.2 Å². The Morgan fingerprint density at radius 3 is 2.41 bits per heavy atom. The smallest absolute Gasteiger partial charge is 0.269 e. The Bertz CT molecular complexity index is 1340. The average molecular weight is 479 g/mol. The van der Waals surface area contributed by atoms with E-state index >= 15 is 0 Å². The zero-order chi connectivity index (χ0) is 23.9. The molecule has 2 aliphatic rings. The molecule has 2 aliphatic heterocycles. The highest BCUT2D eigenvalue weighted by Crippen LogP contribution is 2.34. The van der Waals surface area contributed by atoms with Crippen LogP contribution < -0.4 is 14.8 Å². The largest absolute Gasteiger partial charge is 0.482 e. The van der Waals surface area contributed by atoms with E-state index in [2.05, 4.69) is 5.32 Å². The molecule has 176 valence electrons. The van der Waals surface area contributed by atoms with Crippen molar-refractivity contribution in [3.05, 3.63) is 83.4 Å². The number of sulfonamides is 1. The standard InChI is InChI=1S/C26H26N2O5S/c1-17-7-11-22(12-8-17)34(30,31)28-14-13-19-9-10-21(15-20(19)16-28)27-26(29)25-18(2)32-23-5-3-4-6-24(23)33-25/h3-12,15,18,25H,13-14,16H2,1-2H3,(H,27,29)/t18-,25-/m1/s1. The molecule has 0 radical (unpaired) electrons. The van der Waals surface area contributed by atoms with Gasteiger partial charge in [-0.2, -0.15) is 4.31 Å². The van der Waals surface area contributed by atoms with Crippen molar-refractivity contribution in [2.45, 2.75) is 43.9 Å². The SMILES string of the molecule is Cc1ccc(S(=O)(=O)N2CCc3ccc(NC(=O)[C@@H]4Oc5ccccc5O[C@@H]4C)cc3C2)cc1. The van der Waals surface area contributed by atoms with Crippen LogP contribution >= 0.6 is 0 Å². The third-order valence-corrected chi connectivity index (χ3v) is 8.07. The van der Waals surface area contributed by atoms with E-state index in [1.165, 1.54) is 4.31 Å². The van der Waals surface area contributed by atoms with Crippen LogP contribution in [0.25, 0.3) is 0 Å². The molecule has 34 heavy (non-hydrogen) atoms. The lowest BCUT2D eigenvalue weighted by Crippen LogP contribution is -2.46. The molecule has 1 N–H and O–H groups in total. The Hall–Kier alpha value is -3.36. The maximum absolute atomic E-state index is 13.1. The van der Waals surface area contributed by atoms with Gasteiger partial charge in [0.05, 0.1) is 4.90 Å². The lowest BCUT2D eigenvalue weighted by Gasteiger charge is -2.31. The van der Waals surface area contributed by atoms with Crippen LogP contribution in [0.15, 0.2) is 71.6 Å². The minimum atomic E-state index is -3.60. The first-order valence-corrected chi connectivity index (χ1v) is 12.7. The number of amides is 1. The van der Waals surface area contributed by atoms with Crippen LogP contribution in [0.4, 0.5) is 5.69 Å². The van der Waals surface area contributed by atoms with E-state index in [4.69, 9.17) is 9.47 Å². The fourth-order valence-electron chi connectivity index (χ4n) is 4.29. The lowest BCUT2D eigenvalue weighted by atomic mass is 10.0. The number of benzene rings is 3. The van der Waals surface area contributed by atoms with Gasteiger partial charge in [-0.1, -0.05) is 35.9 Å². The molecule has 0 aliphatic carbocycles. The number of hydrogen-bond acceptors (Lipinski definition) is 5. The van der Waals surface area contributed by atoms with E-state index in [9.17, 15) is 13.2 Å². The van der Waals surface area contributed by atoms with Crippen LogP contribution in [0.5, 0.6) is 11.5 Å². The van der Waals surface area contributed by atoms with Crippen LogP contribution in [0, 0.1) is 6.92 Å². The van der Waals surface area contributed by atoms with Gasteiger partial charge in [-0.15, -0.1) is 0 Å². The molecule has 8 heteroatoms. The molecule has 3 aromatic carbocycles. The lowest BCUT2D eigenvalue weighted by molar-refractivity contribution is -0.128. The number of anilines is 1. The molecule has 0 fully saturated rings. The molecule has 0 bridgehead atoms. The highest BCUT2D eigenvalue weighted by atomic mass is 32.2. The molecule has 1 amide bonds. The predicted molar refractivity (Wildman–Crippen MR) is 128 cm³/mol. The fourth-order valence-corrected chi connectivity index (χ4v) is 5.71. The minimum absolute atomic E-state index is 0.252. The van der Waals surface area contributed by atoms with Crippen LogP contribution in [-0.4, -0.2) is 37.4 Å². The second-order valence-electron chi connectivity index (χ2n) is 8.68. The number of carbonyl (C=O) groups is 1. The molecule has 2 heterocycles. The monoisotopic (exact) mass is 478 g/mol. The Kier molecular flexibility index (Phi) is 5.79. The second kappa shape index (κ2) is 8.77. The molecule has 2 atom stereocenters. The molecule has 3 aromatic rings. The van der Waals surface area contributed by atoms with Crippen molar-refractivity contribution in [3.8, 4) is 11.5 Å². The number of carbonyl (C=O) groups excluding carboxylic acids is 1. The topological polar surface area (TPSA) is 84.9 Å². The zero-order valence-corrected chi connectivity index (χ0v) is 19.8. The van der Waals surface area contributed by atoms with Gasteiger partial charge in [-0.3, -0.25) is 4.79 Å². The average Bonchev–Trinajstić information content (AvgIpc) is 2.83. The van der Waals surface area contributed by atoms with Crippen molar-refractivity contribution in [2.24, 2.45) is 0 Å². The van der Waals surface area contributed by atoms with Gasteiger partial charge < -0.3 is 14.8 Å². The Labute approximate surface area is 199 Å². The Balaban J connectivity index is 1.32. The molecule has 7 nitrogen and oxygen atoms in total. The zero-order valence-electron chi connectivity index (χ0n) is 19.0. The number of nitrogens with zero attached hydrogens (tertiary/aromatic N) is 1. The third-order valence-electron chi connectivity index (χ3n) is 6.21. The normalized spacial score (nSPS) is 19.8. The summed E-state index contributed by atoms with van der Waals surface area (Å²) in [7, 11) is -3.60. The van der Waals surface area contributed by atoms with Crippen LogP contribution in [0.2, 0.25) is 0 Å². The molecule has 0 saturated heterocycles. The van der Waals surface area contributed by atoms with Crippen molar-refractivity contribution >= 4 is 21.6 Å². The van der Waals surface area contributed by atoms with Crippen LogP contribution in [-0.2, 0) is 27.8 Å². The second-order valence-corrected chi connectivity index (χ2v) is 10.6. The summed E-state index contributed by atoms with van der Waals surface area (Å²) in [4.78, 5) is 13.3. The Morgan fingerprint density at radius 2 is 1.68 bits per heavy atom. The first-order valence-electron chi connectivity index (χ1n) is 11.2. The minimum Gasteiger partial charge on any atom is -0.482 e.